The van der Waals surface area contributed by atoms with Crippen LogP contribution in [-0.4, -0.2) is 37.5 Å². The van der Waals surface area contributed by atoms with E-state index in [1.165, 1.54) is 29.6 Å². The van der Waals surface area contributed by atoms with Crippen LogP contribution in [0.3, 0.4) is 0 Å². The van der Waals surface area contributed by atoms with Crippen LogP contribution in [0.5, 0.6) is 0 Å². The first-order valence-corrected chi connectivity index (χ1v) is 6.65. The molecule has 0 radical (unpaired) electrons. The number of nitrogens with zero attached hydrogens (tertiary/aromatic N) is 8. The molecule has 0 aromatic carbocycles. The Bertz CT molecular complexity index is 741. The molecule has 0 bridgehead atoms. The number of anilines is 1. The summed E-state index contributed by atoms with van der Waals surface area (Å²) in [6.07, 6.45) is 5.94. The number of hydrogen-bond acceptors (Lipinski definition) is 8. The van der Waals surface area contributed by atoms with Crippen LogP contribution in [0.25, 0.3) is 5.82 Å². The van der Waals surface area contributed by atoms with Crippen LogP contribution in [0.4, 0.5) is 11.5 Å². The number of imidazole rings is 1. The van der Waals surface area contributed by atoms with E-state index >= 15 is 0 Å². The summed E-state index contributed by atoms with van der Waals surface area (Å²) in [5.41, 5.74) is -0.290. The van der Waals surface area contributed by atoms with Gasteiger partial charge in [0.25, 0.3) is 0 Å². The van der Waals surface area contributed by atoms with E-state index in [9.17, 15) is 10.1 Å². The zero-order valence-corrected chi connectivity index (χ0v) is 12.0. The highest BCUT2D eigenvalue weighted by atomic mass is 16.6. The van der Waals surface area contributed by atoms with Gasteiger partial charge in [0.05, 0.1) is 29.9 Å². The molecule has 2 rings (SSSR count). The lowest BCUT2D eigenvalue weighted by atomic mass is 10.3. The summed E-state index contributed by atoms with van der Waals surface area (Å²) in [7, 11) is 0. The van der Waals surface area contributed by atoms with Gasteiger partial charge in [-0.25, -0.2) is 15.0 Å². The second-order valence-corrected chi connectivity index (χ2v) is 4.40. The van der Waals surface area contributed by atoms with Gasteiger partial charge in [-0.3, -0.25) is 14.7 Å². The summed E-state index contributed by atoms with van der Waals surface area (Å²) < 4.78 is 1.41. The molecule has 0 N–H and O–H groups in total. The Labute approximate surface area is 131 Å². The number of rotatable bonds is 7. The van der Waals surface area contributed by atoms with E-state index in [-0.39, 0.29) is 43.3 Å². The van der Waals surface area contributed by atoms with Gasteiger partial charge in [0.15, 0.2) is 0 Å². The third-order valence-corrected chi connectivity index (χ3v) is 3.00. The topological polar surface area (TPSA) is 138 Å². The molecular formula is C13H12N8O2. The van der Waals surface area contributed by atoms with Crippen LogP contribution in [0.2, 0.25) is 0 Å². The third kappa shape index (κ3) is 3.57. The maximum atomic E-state index is 11.5. The molecule has 0 spiro atoms. The van der Waals surface area contributed by atoms with Gasteiger partial charge < -0.3 is 4.90 Å². The third-order valence-electron chi connectivity index (χ3n) is 3.00. The van der Waals surface area contributed by atoms with Gasteiger partial charge in [0.1, 0.15) is 12.7 Å². The quantitative estimate of drug-likeness (QED) is 0.549. The Hall–Kier alpha value is -3.53. The van der Waals surface area contributed by atoms with Crippen molar-refractivity contribution in [2.75, 3.05) is 18.0 Å². The monoisotopic (exact) mass is 312 g/mol. The van der Waals surface area contributed by atoms with Gasteiger partial charge in [-0.1, -0.05) is 0 Å². The minimum absolute atomic E-state index is 0.0800. The molecule has 10 heteroatoms. The van der Waals surface area contributed by atoms with Gasteiger partial charge in [-0.2, -0.15) is 10.5 Å². The van der Waals surface area contributed by atoms with Crippen LogP contribution in [0.15, 0.2) is 25.0 Å². The number of hydrogen-bond donors (Lipinski definition) is 0. The number of nitriles is 2. The molecular weight excluding hydrogens is 300 g/mol. The average molecular weight is 312 g/mol. The molecule has 0 saturated carbocycles. The first-order valence-electron chi connectivity index (χ1n) is 6.65. The van der Waals surface area contributed by atoms with Crippen LogP contribution < -0.4 is 4.90 Å². The molecule has 0 aliphatic rings. The molecule has 0 fully saturated rings. The minimum atomic E-state index is -0.573. The van der Waals surface area contributed by atoms with Crippen molar-refractivity contribution in [1.29, 1.82) is 10.5 Å². The predicted molar refractivity (Wildman–Crippen MR) is 78.5 cm³/mol. The Kier molecular flexibility index (Phi) is 5.15. The summed E-state index contributed by atoms with van der Waals surface area (Å²) in [6, 6.07) is 3.96. The zero-order valence-electron chi connectivity index (χ0n) is 12.0. The van der Waals surface area contributed by atoms with Crippen molar-refractivity contribution in [3.8, 4) is 18.0 Å². The number of aromatic nitrogens is 4. The molecule has 0 aliphatic carbocycles. The average Bonchev–Trinajstić information content (AvgIpc) is 3.08. The van der Waals surface area contributed by atoms with Gasteiger partial charge in [-0.15, -0.1) is 0 Å². The second kappa shape index (κ2) is 7.47. The maximum Gasteiger partial charge on any atom is 0.354 e. The summed E-state index contributed by atoms with van der Waals surface area (Å²) in [4.78, 5) is 24.3. The van der Waals surface area contributed by atoms with Crippen LogP contribution in [0.1, 0.15) is 12.8 Å². The molecule has 10 nitrogen and oxygen atoms in total. The maximum absolute atomic E-state index is 11.5. The first kappa shape index (κ1) is 15.9. The van der Waals surface area contributed by atoms with Crippen molar-refractivity contribution < 1.29 is 4.92 Å². The number of nitro groups is 1. The van der Waals surface area contributed by atoms with Crippen molar-refractivity contribution in [1.82, 2.24) is 19.5 Å². The van der Waals surface area contributed by atoms with E-state index in [1.54, 1.807) is 4.90 Å². The largest absolute Gasteiger partial charge is 0.354 e. The fourth-order valence-corrected chi connectivity index (χ4v) is 2.02. The SMILES string of the molecule is N#CCCN(CCC#N)c1ncnc(-n2ccnc2)c1[N+](=O)[O-]. The van der Waals surface area contributed by atoms with E-state index in [4.69, 9.17) is 10.5 Å². The fourth-order valence-electron chi connectivity index (χ4n) is 2.02. The Morgan fingerprint density at radius 1 is 1.26 bits per heavy atom. The molecule has 0 aliphatic heterocycles. The van der Waals surface area contributed by atoms with Gasteiger partial charge in [0, 0.05) is 25.5 Å². The molecule has 116 valence electrons. The normalized spacial score (nSPS) is 9.83. The Balaban J connectivity index is 2.51. The van der Waals surface area contributed by atoms with Crippen molar-refractivity contribution in [2.45, 2.75) is 12.8 Å². The van der Waals surface area contributed by atoms with Crippen molar-refractivity contribution in [3.05, 3.63) is 35.2 Å². The van der Waals surface area contributed by atoms with E-state index < -0.39 is 4.92 Å². The van der Waals surface area contributed by atoms with Crippen LogP contribution in [0, 0.1) is 32.8 Å². The second-order valence-electron chi connectivity index (χ2n) is 4.40. The predicted octanol–water partition coefficient (Wildman–Crippen LogP) is 1.20. The van der Waals surface area contributed by atoms with E-state index in [0.717, 1.165) is 0 Å². The van der Waals surface area contributed by atoms with Crippen LogP contribution >= 0.6 is 0 Å². The minimum Gasteiger partial charge on any atom is -0.349 e. The summed E-state index contributed by atoms with van der Waals surface area (Å²) >= 11 is 0. The molecule has 23 heavy (non-hydrogen) atoms. The molecule has 2 aromatic rings. The van der Waals surface area contributed by atoms with Crippen LogP contribution in [-0.2, 0) is 0 Å². The van der Waals surface area contributed by atoms with Gasteiger partial charge >= 0.3 is 5.69 Å². The molecule has 0 unspecified atom stereocenters. The summed E-state index contributed by atoms with van der Waals surface area (Å²) in [5, 5.41) is 29.0. The van der Waals surface area contributed by atoms with E-state index in [0.29, 0.717) is 0 Å². The highest BCUT2D eigenvalue weighted by Crippen LogP contribution is 2.30. The lowest BCUT2D eigenvalue weighted by Crippen LogP contribution is -2.27. The smallest absolute Gasteiger partial charge is 0.349 e. The van der Waals surface area contributed by atoms with Gasteiger partial charge in [0.2, 0.25) is 11.6 Å². The molecule has 2 heterocycles. The van der Waals surface area contributed by atoms with Crippen molar-refractivity contribution in [3.63, 3.8) is 0 Å². The highest BCUT2D eigenvalue weighted by molar-refractivity contribution is 5.65. The zero-order chi connectivity index (χ0) is 16.7. The van der Waals surface area contributed by atoms with Crippen molar-refractivity contribution in [2.24, 2.45) is 0 Å². The van der Waals surface area contributed by atoms with Crippen molar-refractivity contribution >= 4 is 11.5 Å². The summed E-state index contributed by atoms with van der Waals surface area (Å²) in [6.45, 7) is 0.471. The lowest BCUT2D eigenvalue weighted by molar-refractivity contribution is -0.384. The molecule has 0 amide bonds. The lowest BCUT2D eigenvalue weighted by Gasteiger charge is -2.21. The van der Waals surface area contributed by atoms with Gasteiger partial charge in [-0.05, 0) is 0 Å². The highest BCUT2D eigenvalue weighted by Gasteiger charge is 2.27. The molecule has 2 aromatic heterocycles. The Morgan fingerprint density at radius 3 is 2.48 bits per heavy atom. The first-order chi connectivity index (χ1) is 11.2. The Morgan fingerprint density at radius 2 is 1.96 bits per heavy atom. The van der Waals surface area contributed by atoms with E-state index in [1.807, 2.05) is 12.1 Å². The molecule has 0 saturated heterocycles. The standard InChI is InChI=1S/C13H12N8O2/c14-3-1-6-19(7-2-4-15)12-11(21(22)23)13(18-9-17-12)20-8-5-16-10-20/h5,8-10H,1-2,6-7H2. The molecule has 0 atom stereocenters. The fraction of sp³-hybridized carbons (Fsp3) is 0.308. The van der Waals surface area contributed by atoms with E-state index in [2.05, 4.69) is 15.0 Å². The summed E-state index contributed by atoms with van der Waals surface area (Å²) in [5.74, 6) is 0.163.